The van der Waals surface area contributed by atoms with Gasteiger partial charge in [0.15, 0.2) is 0 Å². The van der Waals surface area contributed by atoms with E-state index in [9.17, 15) is 9.59 Å². The van der Waals surface area contributed by atoms with Gasteiger partial charge in [-0.25, -0.2) is 4.79 Å². The van der Waals surface area contributed by atoms with E-state index in [0.29, 0.717) is 6.54 Å². The van der Waals surface area contributed by atoms with Gasteiger partial charge in [-0.1, -0.05) is 0 Å². The second-order valence-corrected chi connectivity index (χ2v) is 5.33. The van der Waals surface area contributed by atoms with Crippen molar-refractivity contribution >= 4 is 12.1 Å². The summed E-state index contributed by atoms with van der Waals surface area (Å²) in [4.78, 5) is 24.2. The van der Waals surface area contributed by atoms with Gasteiger partial charge in [-0.3, -0.25) is 4.79 Å². The Kier molecular flexibility index (Phi) is 3.98. The third-order valence-corrected chi connectivity index (χ3v) is 2.71. The highest BCUT2D eigenvalue weighted by atomic mass is 16.6. The van der Waals surface area contributed by atoms with Gasteiger partial charge in [-0.2, -0.15) is 0 Å². The van der Waals surface area contributed by atoms with Gasteiger partial charge in [0.05, 0.1) is 5.92 Å². The smallest absolute Gasteiger partial charge is 0.410 e. The number of ether oxygens (including phenoxy) is 1. The molecule has 3 N–H and O–H groups in total. The fourth-order valence-electron chi connectivity index (χ4n) is 1.87. The van der Waals surface area contributed by atoms with E-state index in [1.54, 1.807) is 20.8 Å². The van der Waals surface area contributed by atoms with E-state index in [1.165, 1.54) is 4.90 Å². The highest BCUT2D eigenvalue weighted by molar-refractivity contribution is 5.74. The summed E-state index contributed by atoms with van der Waals surface area (Å²) < 4.78 is 5.20. The Hall–Kier alpha value is -1.30. The molecule has 0 aromatic rings. The molecule has 6 nitrogen and oxygen atoms in total. The Morgan fingerprint density at radius 2 is 2.00 bits per heavy atom. The van der Waals surface area contributed by atoms with Crippen LogP contribution in [-0.2, 0) is 9.53 Å². The van der Waals surface area contributed by atoms with Gasteiger partial charge in [0.2, 0.25) is 0 Å². The number of nitrogens with zero attached hydrogens (tertiary/aromatic N) is 1. The Morgan fingerprint density at radius 3 is 2.35 bits per heavy atom. The molecule has 0 saturated carbocycles. The van der Waals surface area contributed by atoms with E-state index >= 15 is 0 Å². The van der Waals surface area contributed by atoms with Crippen molar-refractivity contribution in [2.45, 2.75) is 26.4 Å². The van der Waals surface area contributed by atoms with Crippen LogP contribution in [0.15, 0.2) is 0 Å². The van der Waals surface area contributed by atoms with Gasteiger partial charge in [-0.15, -0.1) is 0 Å². The summed E-state index contributed by atoms with van der Waals surface area (Å²) in [6, 6.07) is 0. The van der Waals surface area contributed by atoms with Crippen molar-refractivity contribution < 1.29 is 19.4 Å². The number of hydrogen-bond acceptors (Lipinski definition) is 4. The lowest BCUT2D eigenvalue weighted by Crippen LogP contribution is -2.36. The standard InChI is InChI=1S/C11H20N2O4/c1-11(2,3)17-10(16)13-5-7(4-12)8(6-13)9(14)15/h7-8H,4-6,12H2,1-3H3,(H,14,15). The van der Waals surface area contributed by atoms with Crippen LogP contribution in [0.5, 0.6) is 0 Å². The predicted molar refractivity (Wildman–Crippen MR) is 61.5 cm³/mol. The Bertz CT molecular complexity index is 311. The first kappa shape index (κ1) is 13.8. The van der Waals surface area contributed by atoms with E-state index in [2.05, 4.69) is 0 Å². The molecule has 98 valence electrons. The van der Waals surface area contributed by atoms with Crippen LogP contribution in [0, 0.1) is 11.8 Å². The minimum absolute atomic E-state index is 0.173. The fraction of sp³-hybridized carbons (Fsp3) is 0.818. The van der Waals surface area contributed by atoms with Crippen LogP contribution in [-0.4, -0.2) is 47.3 Å². The highest BCUT2D eigenvalue weighted by Gasteiger charge is 2.40. The third kappa shape index (κ3) is 3.59. The quantitative estimate of drug-likeness (QED) is 0.738. The van der Waals surface area contributed by atoms with Gasteiger partial charge < -0.3 is 20.5 Å². The lowest BCUT2D eigenvalue weighted by Gasteiger charge is -2.24. The number of carboxylic acids is 1. The van der Waals surface area contributed by atoms with Crippen LogP contribution in [0.3, 0.4) is 0 Å². The van der Waals surface area contributed by atoms with Crippen LogP contribution in [0.4, 0.5) is 4.79 Å². The molecule has 1 amide bonds. The van der Waals surface area contributed by atoms with Gasteiger partial charge in [0.25, 0.3) is 0 Å². The number of carboxylic acid groups (broad SMARTS) is 1. The molecule has 0 aliphatic carbocycles. The van der Waals surface area contributed by atoms with E-state index < -0.39 is 23.6 Å². The molecule has 0 aromatic carbocycles. The summed E-state index contributed by atoms with van der Waals surface area (Å²) in [6.45, 7) is 6.10. The van der Waals surface area contributed by atoms with E-state index in [0.717, 1.165) is 0 Å². The normalized spacial score (nSPS) is 24.8. The number of hydrogen-bond donors (Lipinski definition) is 2. The van der Waals surface area contributed by atoms with Crippen LogP contribution >= 0.6 is 0 Å². The summed E-state index contributed by atoms with van der Waals surface area (Å²) >= 11 is 0. The summed E-state index contributed by atoms with van der Waals surface area (Å²) in [5.41, 5.74) is 4.94. The number of amides is 1. The first-order valence-electron chi connectivity index (χ1n) is 5.65. The zero-order valence-corrected chi connectivity index (χ0v) is 10.5. The van der Waals surface area contributed by atoms with Crippen LogP contribution in [0.25, 0.3) is 0 Å². The highest BCUT2D eigenvalue weighted by Crippen LogP contribution is 2.24. The first-order chi connectivity index (χ1) is 7.74. The van der Waals surface area contributed by atoms with Crippen LogP contribution < -0.4 is 5.73 Å². The number of rotatable bonds is 2. The SMILES string of the molecule is CC(C)(C)OC(=O)N1CC(CN)C(C(=O)O)C1. The second-order valence-electron chi connectivity index (χ2n) is 5.33. The van der Waals surface area contributed by atoms with Crippen molar-refractivity contribution in [3.8, 4) is 0 Å². The maximum atomic E-state index is 11.8. The Morgan fingerprint density at radius 1 is 1.41 bits per heavy atom. The molecule has 1 heterocycles. The first-order valence-corrected chi connectivity index (χ1v) is 5.65. The fourth-order valence-corrected chi connectivity index (χ4v) is 1.87. The number of likely N-dealkylation sites (tertiary alicyclic amines) is 1. The lowest BCUT2D eigenvalue weighted by atomic mass is 9.97. The number of carbonyl (C=O) groups excluding carboxylic acids is 1. The molecule has 6 heteroatoms. The second kappa shape index (κ2) is 4.91. The average Bonchev–Trinajstić information content (AvgIpc) is 2.58. The minimum Gasteiger partial charge on any atom is -0.481 e. The monoisotopic (exact) mass is 244 g/mol. The lowest BCUT2D eigenvalue weighted by molar-refractivity contribution is -0.142. The third-order valence-electron chi connectivity index (χ3n) is 2.71. The molecule has 17 heavy (non-hydrogen) atoms. The molecule has 1 rings (SSSR count). The summed E-state index contributed by atoms with van der Waals surface area (Å²) in [5.74, 6) is -1.70. The van der Waals surface area contributed by atoms with Crippen molar-refractivity contribution in [1.29, 1.82) is 0 Å². The molecule has 0 bridgehead atoms. The van der Waals surface area contributed by atoms with Crippen molar-refractivity contribution in [2.24, 2.45) is 17.6 Å². The number of aliphatic carboxylic acids is 1. The molecule has 0 aromatic heterocycles. The Balaban J connectivity index is 2.64. The van der Waals surface area contributed by atoms with E-state index in [4.69, 9.17) is 15.6 Å². The van der Waals surface area contributed by atoms with Crippen molar-refractivity contribution in [1.82, 2.24) is 4.90 Å². The average molecular weight is 244 g/mol. The summed E-state index contributed by atoms with van der Waals surface area (Å²) in [7, 11) is 0. The van der Waals surface area contributed by atoms with E-state index in [-0.39, 0.29) is 19.0 Å². The van der Waals surface area contributed by atoms with Gasteiger partial charge >= 0.3 is 12.1 Å². The summed E-state index contributed by atoms with van der Waals surface area (Å²) in [5, 5.41) is 9.01. The van der Waals surface area contributed by atoms with Gasteiger partial charge in [0.1, 0.15) is 5.60 Å². The van der Waals surface area contributed by atoms with Crippen molar-refractivity contribution in [3.05, 3.63) is 0 Å². The molecular weight excluding hydrogens is 224 g/mol. The molecule has 1 saturated heterocycles. The molecule has 0 radical (unpaired) electrons. The van der Waals surface area contributed by atoms with Gasteiger partial charge in [-0.05, 0) is 27.3 Å². The maximum absolute atomic E-state index is 11.8. The van der Waals surface area contributed by atoms with Crippen LogP contribution in [0.1, 0.15) is 20.8 Å². The largest absolute Gasteiger partial charge is 0.481 e. The molecule has 2 unspecified atom stereocenters. The number of nitrogens with two attached hydrogens (primary N) is 1. The van der Waals surface area contributed by atoms with Crippen molar-refractivity contribution in [2.75, 3.05) is 19.6 Å². The zero-order valence-electron chi connectivity index (χ0n) is 10.5. The van der Waals surface area contributed by atoms with Crippen LogP contribution in [0.2, 0.25) is 0 Å². The van der Waals surface area contributed by atoms with E-state index in [1.807, 2.05) is 0 Å². The molecular formula is C11H20N2O4. The Labute approximate surface area is 101 Å². The molecule has 2 atom stereocenters. The van der Waals surface area contributed by atoms with Gasteiger partial charge in [0, 0.05) is 19.0 Å². The molecule has 1 aliphatic rings. The molecule has 0 spiro atoms. The predicted octanol–water partition coefficient (Wildman–Crippen LogP) is 0.513. The molecule has 1 fully saturated rings. The topological polar surface area (TPSA) is 92.9 Å². The zero-order chi connectivity index (χ0) is 13.2. The minimum atomic E-state index is -0.911. The van der Waals surface area contributed by atoms with Crippen molar-refractivity contribution in [3.63, 3.8) is 0 Å². The number of carbonyl (C=O) groups is 2. The summed E-state index contributed by atoms with van der Waals surface area (Å²) in [6.07, 6.45) is -0.472. The maximum Gasteiger partial charge on any atom is 0.410 e. The molecule has 1 aliphatic heterocycles.